The molecule has 174 valence electrons. The van der Waals surface area contributed by atoms with Crippen molar-refractivity contribution in [3.05, 3.63) is 36.0 Å². The summed E-state index contributed by atoms with van der Waals surface area (Å²) >= 11 is 1.64. The maximum Gasteiger partial charge on any atom is 0.239 e. The van der Waals surface area contributed by atoms with Crippen LogP contribution in [0.5, 0.6) is 0 Å². The van der Waals surface area contributed by atoms with Gasteiger partial charge in [0.15, 0.2) is 0 Å². The van der Waals surface area contributed by atoms with E-state index in [-0.39, 0.29) is 17.5 Å². The predicted molar refractivity (Wildman–Crippen MR) is 129 cm³/mol. The number of amides is 1. The molecule has 6 rings (SSSR count). The van der Waals surface area contributed by atoms with Crippen molar-refractivity contribution in [1.29, 1.82) is 0 Å². The molecule has 3 heterocycles. The van der Waals surface area contributed by atoms with Crippen molar-refractivity contribution in [1.82, 2.24) is 20.0 Å². The topological polar surface area (TPSA) is 102 Å². The smallest absolute Gasteiger partial charge is 0.239 e. The molecule has 1 aromatic carbocycles. The molecule has 2 aliphatic carbocycles. The van der Waals surface area contributed by atoms with Gasteiger partial charge in [0.25, 0.3) is 0 Å². The van der Waals surface area contributed by atoms with Gasteiger partial charge >= 0.3 is 0 Å². The first-order chi connectivity index (χ1) is 15.8. The molecule has 3 fully saturated rings. The van der Waals surface area contributed by atoms with Crippen LogP contribution >= 0.6 is 11.9 Å². The van der Waals surface area contributed by atoms with Crippen LogP contribution in [0.2, 0.25) is 0 Å². The molecule has 4 aliphatic rings. The number of aliphatic hydroxyl groups is 1. The molecule has 2 aromatic rings. The first kappa shape index (κ1) is 21.3. The Morgan fingerprint density at radius 2 is 1.94 bits per heavy atom. The fraction of sp³-hybridized carbons (Fsp3) is 0.542. The molecular weight excluding hydrogens is 436 g/mol. The lowest BCUT2D eigenvalue weighted by Gasteiger charge is -2.39. The normalized spacial score (nSPS) is 28.6. The summed E-state index contributed by atoms with van der Waals surface area (Å²) in [6, 6.07) is 7.91. The van der Waals surface area contributed by atoms with Gasteiger partial charge in [-0.1, -0.05) is 0 Å². The highest BCUT2D eigenvalue weighted by atomic mass is 32.2. The number of nitrogens with zero attached hydrogens (tertiary/aromatic N) is 3. The Labute approximate surface area is 198 Å². The van der Waals surface area contributed by atoms with Gasteiger partial charge in [0.1, 0.15) is 5.82 Å². The minimum atomic E-state index is -0.889. The largest absolute Gasteiger partial charge is 0.388 e. The summed E-state index contributed by atoms with van der Waals surface area (Å²) < 4.78 is 3.52. The van der Waals surface area contributed by atoms with Crippen molar-refractivity contribution in [3.8, 4) is 0 Å². The van der Waals surface area contributed by atoms with Gasteiger partial charge in [0.05, 0.1) is 22.6 Å². The monoisotopic (exact) mass is 466 g/mol. The van der Waals surface area contributed by atoms with Crippen LogP contribution < -0.4 is 20.3 Å². The van der Waals surface area contributed by atoms with E-state index in [1.807, 2.05) is 19.1 Å². The third-order valence-corrected chi connectivity index (χ3v) is 8.74. The maximum absolute atomic E-state index is 13.4. The first-order valence-electron chi connectivity index (χ1n) is 11.8. The zero-order valence-electron chi connectivity index (χ0n) is 19.0. The van der Waals surface area contributed by atoms with Gasteiger partial charge in [0, 0.05) is 35.4 Å². The minimum absolute atomic E-state index is 0.0837. The van der Waals surface area contributed by atoms with Crippen LogP contribution in [0, 0.1) is 0 Å². The van der Waals surface area contributed by atoms with Crippen molar-refractivity contribution in [3.63, 3.8) is 0 Å². The molecule has 1 saturated heterocycles. The van der Waals surface area contributed by atoms with Crippen molar-refractivity contribution in [2.45, 2.75) is 73.4 Å². The van der Waals surface area contributed by atoms with E-state index in [0.717, 1.165) is 54.9 Å². The summed E-state index contributed by atoms with van der Waals surface area (Å²) in [5, 5.41) is 17.5. The zero-order valence-corrected chi connectivity index (χ0v) is 19.8. The molecule has 9 heteroatoms. The van der Waals surface area contributed by atoms with Crippen molar-refractivity contribution < 1.29 is 9.90 Å². The van der Waals surface area contributed by atoms with Gasteiger partial charge < -0.3 is 15.7 Å². The van der Waals surface area contributed by atoms with Crippen LogP contribution in [0.25, 0.3) is 0 Å². The van der Waals surface area contributed by atoms with Gasteiger partial charge in [-0.05, 0) is 82.2 Å². The third-order valence-electron chi connectivity index (χ3n) is 7.64. The van der Waals surface area contributed by atoms with Gasteiger partial charge in [-0.2, -0.15) is 4.98 Å². The van der Waals surface area contributed by atoms with Crippen LogP contribution in [0.1, 0.15) is 51.5 Å². The number of anilines is 3. The summed E-state index contributed by atoms with van der Waals surface area (Å²) in [5.74, 6) is 1.22. The molecule has 33 heavy (non-hydrogen) atoms. The van der Waals surface area contributed by atoms with E-state index in [1.54, 1.807) is 23.0 Å². The molecule has 2 atom stereocenters. The zero-order chi connectivity index (χ0) is 22.8. The Morgan fingerprint density at radius 1 is 1.18 bits per heavy atom. The van der Waals surface area contributed by atoms with E-state index in [1.165, 1.54) is 0 Å². The Morgan fingerprint density at radius 3 is 2.55 bits per heavy atom. The van der Waals surface area contributed by atoms with Crippen molar-refractivity contribution >= 4 is 35.3 Å². The molecule has 2 aliphatic heterocycles. The van der Waals surface area contributed by atoms with Crippen LogP contribution in [0.4, 0.5) is 17.5 Å². The van der Waals surface area contributed by atoms with Crippen LogP contribution in [-0.4, -0.2) is 51.3 Å². The summed E-state index contributed by atoms with van der Waals surface area (Å²) in [6.45, 7) is 6.01. The molecule has 0 radical (unpaired) electrons. The second kappa shape index (κ2) is 7.40. The second-order valence-corrected chi connectivity index (χ2v) is 11.4. The Bertz CT molecular complexity index is 1100. The third kappa shape index (κ3) is 3.53. The number of hydrogen-bond donors (Lipinski definition) is 4. The van der Waals surface area contributed by atoms with E-state index in [4.69, 9.17) is 4.98 Å². The highest BCUT2D eigenvalue weighted by Gasteiger charge is 2.63. The van der Waals surface area contributed by atoms with Crippen LogP contribution in [0.15, 0.2) is 35.4 Å². The lowest BCUT2D eigenvalue weighted by atomic mass is 9.97. The fourth-order valence-electron chi connectivity index (χ4n) is 5.32. The summed E-state index contributed by atoms with van der Waals surface area (Å²) in [5.41, 5.74) is 0.593. The number of rotatable bonds is 6. The van der Waals surface area contributed by atoms with E-state index >= 15 is 0 Å². The highest BCUT2D eigenvalue weighted by Crippen LogP contribution is 2.58. The molecule has 2 saturated carbocycles. The first-order valence-corrected chi connectivity index (χ1v) is 12.6. The number of hydrogen-bond acceptors (Lipinski definition) is 8. The molecule has 1 spiro atoms. The predicted octanol–water partition coefficient (Wildman–Crippen LogP) is 2.86. The number of benzene rings is 1. The van der Waals surface area contributed by atoms with E-state index in [2.05, 4.69) is 39.4 Å². The SMILES string of the molecule is CC1(NSc2ccc(Nc3ncc4c(n3)N(C3CCC[C@]3(C)O)C(=O)C43CC3)cc2)CNC1. The number of carbonyl (C=O) groups is 1. The van der Waals surface area contributed by atoms with E-state index < -0.39 is 11.0 Å². The number of fused-ring (bicyclic) bond motifs is 2. The molecule has 4 N–H and O–H groups in total. The summed E-state index contributed by atoms with van der Waals surface area (Å²) in [6.07, 6.45) is 5.89. The Kier molecular flexibility index (Phi) is 4.78. The van der Waals surface area contributed by atoms with Gasteiger partial charge in [-0.15, -0.1) is 0 Å². The lowest BCUT2D eigenvalue weighted by molar-refractivity contribution is -0.121. The number of nitrogens with one attached hydrogen (secondary N) is 3. The molecular formula is C24H30N6O2S. The lowest BCUT2D eigenvalue weighted by Crippen LogP contribution is -2.63. The number of carbonyl (C=O) groups excluding carboxylic acids is 1. The minimum Gasteiger partial charge on any atom is -0.388 e. The van der Waals surface area contributed by atoms with Gasteiger partial charge in [0.2, 0.25) is 11.9 Å². The van der Waals surface area contributed by atoms with Gasteiger partial charge in [-0.3, -0.25) is 14.4 Å². The van der Waals surface area contributed by atoms with E-state index in [0.29, 0.717) is 18.2 Å². The maximum atomic E-state index is 13.4. The molecule has 1 unspecified atom stereocenters. The average molecular weight is 467 g/mol. The summed E-state index contributed by atoms with van der Waals surface area (Å²) in [4.78, 5) is 25.6. The van der Waals surface area contributed by atoms with E-state index in [9.17, 15) is 9.90 Å². The molecule has 0 bridgehead atoms. The van der Waals surface area contributed by atoms with Crippen molar-refractivity contribution in [2.24, 2.45) is 0 Å². The quantitative estimate of drug-likeness (QED) is 0.482. The van der Waals surface area contributed by atoms with Crippen LogP contribution in [0.3, 0.4) is 0 Å². The van der Waals surface area contributed by atoms with Crippen LogP contribution in [-0.2, 0) is 10.2 Å². The standard InChI is InChI=1S/C24H30N6O2S/c1-22(13-25-14-22)29-33-16-7-5-15(6-8-16)27-21-26-12-17-19(28-21)30(20(31)24(17)10-11-24)18-4-3-9-23(18,2)32/h5-8,12,18,25,29,32H,3-4,9-11,13-14H2,1-2H3,(H,26,27,28)/t18?,23-/m0/s1. The average Bonchev–Trinajstić information content (AvgIpc) is 3.46. The Hall–Kier alpha value is -2.20. The highest BCUT2D eigenvalue weighted by molar-refractivity contribution is 7.97. The molecule has 1 aromatic heterocycles. The van der Waals surface area contributed by atoms with Crippen molar-refractivity contribution in [2.75, 3.05) is 23.3 Å². The fourth-order valence-corrected chi connectivity index (χ4v) is 6.10. The molecule has 1 amide bonds. The number of aromatic nitrogens is 2. The van der Waals surface area contributed by atoms with Gasteiger partial charge in [-0.25, -0.2) is 4.98 Å². The summed E-state index contributed by atoms with van der Waals surface area (Å²) in [7, 11) is 0. The Balaban J connectivity index is 1.22. The second-order valence-electron chi connectivity index (χ2n) is 10.5. The molecule has 8 nitrogen and oxygen atoms in total.